The molecule has 0 spiro atoms. The van der Waals surface area contributed by atoms with E-state index in [0.29, 0.717) is 0 Å². The molecule has 2 aromatic rings. The van der Waals surface area contributed by atoms with Crippen LogP contribution >= 0.6 is 34.8 Å². The second kappa shape index (κ2) is 6.47. The molecule has 0 amide bonds. The molecule has 0 saturated heterocycles. The summed E-state index contributed by atoms with van der Waals surface area (Å²) in [7, 11) is 0. The van der Waals surface area contributed by atoms with Gasteiger partial charge in [-0.25, -0.2) is 0 Å². The number of halogens is 3. The molecule has 0 radical (unpaired) electrons. The average Bonchev–Trinajstić information content (AvgIpc) is 2.35. The van der Waals surface area contributed by atoms with Gasteiger partial charge in [0.25, 0.3) is 0 Å². The van der Waals surface area contributed by atoms with Crippen LogP contribution in [0.15, 0.2) is 48.5 Å². The van der Waals surface area contributed by atoms with Crippen molar-refractivity contribution in [1.82, 2.24) is 0 Å². The third-order valence-corrected chi connectivity index (χ3v) is 3.55. The van der Waals surface area contributed by atoms with Gasteiger partial charge in [-0.3, -0.25) is 0 Å². The molecule has 2 rings (SSSR count). The Morgan fingerprint density at radius 3 is 1.33 bits per heavy atom. The third-order valence-electron chi connectivity index (χ3n) is 2.74. The average molecular weight is 300 g/mol. The SMILES string of the molecule is Clc1ccc(CC(Cl)Cc2ccc(Cl)cc2)cc1. The van der Waals surface area contributed by atoms with Crippen molar-refractivity contribution in [2.24, 2.45) is 0 Å². The maximum Gasteiger partial charge on any atom is 0.0416 e. The number of hydrogen-bond acceptors (Lipinski definition) is 0. The van der Waals surface area contributed by atoms with Crippen LogP contribution < -0.4 is 0 Å². The largest absolute Gasteiger partial charge is 0.122 e. The predicted octanol–water partition coefficient (Wildman–Crippen LogP) is 5.39. The van der Waals surface area contributed by atoms with Gasteiger partial charge >= 0.3 is 0 Å². The molecule has 0 aliphatic carbocycles. The Balaban J connectivity index is 1.94. The van der Waals surface area contributed by atoms with Gasteiger partial charge in [-0.05, 0) is 48.2 Å². The summed E-state index contributed by atoms with van der Waals surface area (Å²) in [6.45, 7) is 0. The van der Waals surface area contributed by atoms with Crippen molar-refractivity contribution in [2.45, 2.75) is 18.2 Å². The van der Waals surface area contributed by atoms with E-state index in [2.05, 4.69) is 0 Å². The van der Waals surface area contributed by atoms with Crippen molar-refractivity contribution < 1.29 is 0 Å². The Bertz CT molecular complexity index is 441. The molecular weight excluding hydrogens is 287 g/mol. The molecule has 2 aromatic carbocycles. The summed E-state index contributed by atoms with van der Waals surface area (Å²) in [6, 6.07) is 15.6. The zero-order valence-corrected chi connectivity index (χ0v) is 12.0. The van der Waals surface area contributed by atoms with Crippen LogP contribution in [0, 0.1) is 0 Å². The molecule has 0 saturated carbocycles. The Morgan fingerprint density at radius 1 is 0.667 bits per heavy atom. The minimum atomic E-state index is 0.0763. The van der Waals surface area contributed by atoms with Crippen molar-refractivity contribution >= 4 is 34.8 Å². The van der Waals surface area contributed by atoms with Crippen LogP contribution in [0.3, 0.4) is 0 Å². The molecule has 0 unspecified atom stereocenters. The van der Waals surface area contributed by atoms with Crippen LogP contribution in [-0.2, 0) is 12.8 Å². The zero-order chi connectivity index (χ0) is 13.0. The van der Waals surface area contributed by atoms with E-state index in [9.17, 15) is 0 Å². The monoisotopic (exact) mass is 298 g/mol. The van der Waals surface area contributed by atoms with Crippen LogP contribution in [0.1, 0.15) is 11.1 Å². The van der Waals surface area contributed by atoms with Crippen molar-refractivity contribution in [1.29, 1.82) is 0 Å². The molecule has 3 heteroatoms. The second-order valence-corrected chi connectivity index (χ2v) is 5.75. The Kier molecular flexibility index (Phi) is 4.94. The molecule has 0 aliphatic rings. The highest BCUT2D eigenvalue weighted by molar-refractivity contribution is 6.30. The normalized spacial score (nSPS) is 10.9. The molecular formula is C15H13Cl3. The summed E-state index contributed by atoms with van der Waals surface area (Å²) >= 11 is 18.1. The number of hydrogen-bond donors (Lipinski definition) is 0. The van der Waals surface area contributed by atoms with Crippen LogP contribution in [0.4, 0.5) is 0 Å². The lowest BCUT2D eigenvalue weighted by molar-refractivity contribution is 0.831. The van der Waals surface area contributed by atoms with Gasteiger partial charge in [0.2, 0.25) is 0 Å². The first-order chi connectivity index (χ1) is 8.63. The third kappa shape index (κ3) is 4.20. The minimum Gasteiger partial charge on any atom is -0.122 e. The molecule has 0 aliphatic heterocycles. The molecule has 18 heavy (non-hydrogen) atoms. The van der Waals surface area contributed by atoms with Crippen LogP contribution in [0.2, 0.25) is 10.0 Å². The van der Waals surface area contributed by atoms with Gasteiger partial charge in [-0.2, -0.15) is 0 Å². The first-order valence-electron chi connectivity index (χ1n) is 5.76. The zero-order valence-electron chi connectivity index (χ0n) is 9.74. The highest BCUT2D eigenvalue weighted by Crippen LogP contribution is 2.17. The predicted molar refractivity (Wildman–Crippen MR) is 80.0 cm³/mol. The fourth-order valence-electron chi connectivity index (χ4n) is 1.82. The molecule has 0 atom stereocenters. The van der Waals surface area contributed by atoms with Gasteiger partial charge in [0, 0.05) is 15.4 Å². The van der Waals surface area contributed by atoms with E-state index < -0.39 is 0 Å². The lowest BCUT2D eigenvalue weighted by Crippen LogP contribution is -2.07. The Hall–Kier alpha value is -0.690. The van der Waals surface area contributed by atoms with Gasteiger partial charge in [-0.15, -0.1) is 11.6 Å². The van der Waals surface area contributed by atoms with Crippen molar-refractivity contribution in [3.63, 3.8) is 0 Å². The summed E-state index contributed by atoms with van der Waals surface area (Å²) < 4.78 is 0. The van der Waals surface area contributed by atoms with Crippen molar-refractivity contribution in [2.75, 3.05) is 0 Å². The first kappa shape index (κ1) is 13.7. The summed E-state index contributed by atoms with van der Waals surface area (Å²) in [5.41, 5.74) is 2.40. The Labute approximate surface area is 122 Å². The van der Waals surface area contributed by atoms with E-state index in [-0.39, 0.29) is 5.38 Å². The van der Waals surface area contributed by atoms with Gasteiger partial charge in [0.15, 0.2) is 0 Å². The van der Waals surface area contributed by atoms with Gasteiger partial charge < -0.3 is 0 Å². The Morgan fingerprint density at radius 2 is 1.00 bits per heavy atom. The maximum absolute atomic E-state index is 6.36. The molecule has 0 nitrogen and oxygen atoms in total. The number of rotatable bonds is 4. The molecule has 0 N–H and O–H groups in total. The summed E-state index contributed by atoms with van der Waals surface area (Å²) in [5.74, 6) is 0. The quantitative estimate of drug-likeness (QED) is 0.664. The molecule has 94 valence electrons. The molecule has 0 aromatic heterocycles. The van der Waals surface area contributed by atoms with E-state index in [1.165, 1.54) is 11.1 Å². The van der Waals surface area contributed by atoms with E-state index in [1.807, 2.05) is 48.5 Å². The molecule has 0 bridgehead atoms. The molecule has 0 fully saturated rings. The fourth-order valence-corrected chi connectivity index (χ4v) is 2.43. The second-order valence-electron chi connectivity index (χ2n) is 4.26. The highest BCUT2D eigenvalue weighted by atomic mass is 35.5. The number of alkyl halides is 1. The lowest BCUT2D eigenvalue weighted by Gasteiger charge is -2.10. The summed E-state index contributed by atoms with van der Waals surface area (Å²) in [5, 5.41) is 1.58. The van der Waals surface area contributed by atoms with Crippen LogP contribution in [0.25, 0.3) is 0 Å². The van der Waals surface area contributed by atoms with Gasteiger partial charge in [-0.1, -0.05) is 47.5 Å². The van der Waals surface area contributed by atoms with Crippen LogP contribution in [0.5, 0.6) is 0 Å². The smallest absolute Gasteiger partial charge is 0.0416 e. The molecule has 0 heterocycles. The minimum absolute atomic E-state index is 0.0763. The van der Waals surface area contributed by atoms with Crippen LogP contribution in [-0.4, -0.2) is 5.38 Å². The topological polar surface area (TPSA) is 0 Å². The van der Waals surface area contributed by atoms with E-state index >= 15 is 0 Å². The maximum atomic E-state index is 6.36. The summed E-state index contributed by atoms with van der Waals surface area (Å²) in [6.07, 6.45) is 1.67. The van der Waals surface area contributed by atoms with Crippen molar-refractivity contribution in [3.8, 4) is 0 Å². The standard InChI is InChI=1S/C15H13Cl3/c16-13-5-1-11(2-6-13)9-15(18)10-12-3-7-14(17)8-4-12/h1-8,15H,9-10H2. The summed E-state index contributed by atoms with van der Waals surface area (Å²) in [4.78, 5) is 0. The van der Waals surface area contributed by atoms with E-state index in [1.54, 1.807) is 0 Å². The lowest BCUT2D eigenvalue weighted by atomic mass is 10.0. The van der Waals surface area contributed by atoms with E-state index in [0.717, 1.165) is 22.9 Å². The number of benzene rings is 2. The first-order valence-corrected chi connectivity index (χ1v) is 6.95. The van der Waals surface area contributed by atoms with Gasteiger partial charge in [0.05, 0.1) is 0 Å². The van der Waals surface area contributed by atoms with Crippen molar-refractivity contribution in [3.05, 3.63) is 69.7 Å². The van der Waals surface area contributed by atoms with E-state index in [4.69, 9.17) is 34.8 Å². The fraction of sp³-hybridized carbons (Fsp3) is 0.200. The highest BCUT2D eigenvalue weighted by Gasteiger charge is 2.07. The van der Waals surface area contributed by atoms with Gasteiger partial charge in [0.1, 0.15) is 0 Å².